The average Bonchev–Trinajstić information content (AvgIpc) is 2.60. The van der Waals surface area contributed by atoms with E-state index in [-0.39, 0.29) is 34.0 Å². The van der Waals surface area contributed by atoms with Gasteiger partial charge in [-0.05, 0) is 36.2 Å². The number of para-hydroxylation sites is 1. The van der Waals surface area contributed by atoms with Crippen LogP contribution in [0.4, 0.5) is 17.6 Å². The topological polar surface area (TPSA) is 65.2 Å². The van der Waals surface area contributed by atoms with Crippen LogP contribution in [0.3, 0.4) is 0 Å². The molecule has 0 spiro atoms. The van der Waals surface area contributed by atoms with Crippen LogP contribution in [0.2, 0.25) is 5.15 Å². The van der Waals surface area contributed by atoms with Crippen LogP contribution in [0, 0.1) is 12.7 Å². The highest BCUT2D eigenvalue weighted by Crippen LogP contribution is 2.37. The number of fused-ring (bicyclic) bond motifs is 1. The zero-order valence-corrected chi connectivity index (χ0v) is 16.1. The van der Waals surface area contributed by atoms with Gasteiger partial charge >= 0.3 is 6.18 Å². The molecule has 0 aliphatic heterocycles. The summed E-state index contributed by atoms with van der Waals surface area (Å²) in [6, 6.07) is 5.96. The number of benzene rings is 2. The van der Waals surface area contributed by atoms with Crippen molar-refractivity contribution in [2.45, 2.75) is 19.5 Å². The lowest BCUT2D eigenvalue weighted by molar-refractivity contribution is -0.137. The first kappa shape index (κ1) is 20.9. The number of carbonyl (C=O) groups excluding carboxylic acids is 1. The minimum absolute atomic E-state index is 0.0438. The number of rotatable bonds is 4. The van der Waals surface area contributed by atoms with Gasteiger partial charge in [0, 0.05) is 17.4 Å². The number of nitrogens with zero attached hydrogens (tertiary/aromatic N) is 1. The molecule has 0 fully saturated rings. The number of primary amides is 1. The number of pyridine rings is 1. The van der Waals surface area contributed by atoms with Gasteiger partial charge in [0.15, 0.2) is 11.6 Å². The Morgan fingerprint density at radius 2 is 1.93 bits per heavy atom. The van der Waals surface area contributed by atoms with Crippen molar-refractivity contribution in [3.63, 3.8) is 0 Å². The number of halogens is 5. The van der Waals surface area contributed by atoms with Crippen LogP contribution in [-0.4, -0.2) is 18.0 Å². The van der Waals surface area contributed by atoms with Gasteiger partial charge < -0.3 is 10.5 Å². The van der Waals surface area contributed by atoms with Gasteiger partial charge in [0.25, 0.3) is 5.91 Å². The molecule has 29 heavy (non-hydrogen) atoms. The zero-order chi connectivity index (χ0) is 21.5. The summed E-state index contributed by atoms with van der Waals surface area (Å²) in [4.78, 5) is 15.7. The standard InChI is InChI=1S/C20H15ClF4N2O2/c1-9-15-11(6-10-4-3-5-13(22)17(10)29-2)7-12(20(23,24)25)8-14(15)27-18(21)16(9)19(26)28/h3-5,7-8H,6H2,1-2H3,(H2,26,28). The first-order valence-electron chi connectivity index (χ1n) is 8.35. The molecule has 0 atom stereocenters. The van der Waals surface area contributed by atoms with E-state index in [2.05, 4.69) is 4.98 Å². The molecular weight excluding hydrogens is 412 g/mol. The number of aryl methyl sites for hydroxylation is 1. The summed E-state index contributed by atoms with van der Waals surface area (Å²) in [7, 11) is 1.27. The molecule has 1 heterocycles. The SMILES string of the molecule is COc1c(F)cccc1Cc1cc(C(F)(F)F)cc2nc(Cl)c(C(N)=O)c(C)c12. The second kappa shape index (κ2) is 7.51. The predicted molar refractivity (Wildman–Crippen MR) is 101 cm³/mol. The number of ether oxygens (including phenoxy) is 1. The second-order valence-electron chi connectivity index (χ2n) is 6.40. The molecule has 0 radical (unpaired) electrons. The number of aromatic nitrogens is 1. The van der Waals surface area contributed by atoms with Crippen LogP contribution in [0.25, 0.3) is 10.9 Å². The molecule has 1 aromatic heterocycles. The summed E-state index contributed by atoms with van der Waals surface area (Å²) in [5.74, 6) is -1.57. The lowest BCUT2D eigenvalue weighted by Crippen LogP contribution is -2.15. The Hall–Kier alpha value is -2.87. The summed E-state index contributed by atoms with van der Waals surface area (Å²) in [5, 5.41) is 0.0126. The third kappa shape index (κ3) is 3.85. The van der Waals surface area contributed by atoms with Gasteiger partial charge in [-0.1, -0.05) is 23.7 Å². The summed E-state index contributed by atoms with van der Waals surface area (Å²) < 4.78 is 59.4. The Labute approximate surface area is 168 Å². The van der Waals surface area contributed by atoms with Gasteiger partial charge in [0.05, 0.1) is 23.8 Å². The van der Waals surface area contributed by atoms with E-state index in [4.69, 9.17) is 22.1 Å². The van der Waals surface area contributed by atoms with Crippen molar-refractivity contribution in [3.8, 4) is 5.75 Å². The van der Waals surface area contributed by atoms with Crippen LogP contribution in [-0.2, 0) is 12.6 Å². The minimum Gasteiger partial charge on any atom is -0.493 e. The molecule has 0 unspecified atom stereocenters. The lowest BCUT2D eigenvalue weighted by Gasteiger charge is -2.17. The van der Waals surface area contributed by atoms with Crippen molar-refractivity contribution in [2.75, 3.05) is 7.11 Å². The van der Waals surface area contributed by atoms with Gasteiger partial charge in [-0.2, -0.15) is 13.2 Å². The van der Waals surface area contributed by atoms with Crippen LogP contribution >= 0.6 is 11.6 Å². The van der Waals surface area contributed by atoms with Crippen molar-refractivity contribution in [1.29, 1.82) is 0 Å². The molecule has 0 bridgehead atoms. The smallest absolute Gasteiger partial charge is 0.416 e. The van der Waals surface area contributed by atoms with E-state index in [1.54, 1.807) is 6.07 Å². The normalized spacial score (nSPS) is 11.7. The zero-order valence-electron chi connectivity index (χ0n) is 15.3. The quantitative estimate of drug-likeness (QED) is 0.469. The van der Waals surface area contributed by atoms with E-state index < -0.39 is 23.5 Å². The van der Waals surface area contributed by atoms with E-state index in [1.807, 2.05) is 0 Å². The molecule has 0 aliphatic rings. The Bertz CT molecular complexity index is 1130. The number of nitrogens with two attached hydrogens (primary N) is 1. The molecule has 2 N–H and O–H groups in total. The summed E-state index contributed by atoms with van der Waals surface area (Å²) in [6.07, 6.45) is -4.73. The van der Waals surface area contributed by atoms with Crippen molar-refractivity contribution in [1.82, 2.24) is 4.98 Å². The number of carbonyl (C=O) groups is 1. The average molecular weight is 427 g/mol. The highest BCUT2D eigenvalue weighted by atomic mass is 35.5. The Balaban J connectivity index is 2.35. The third-order valence-corrected chi connectivity index (χ3v) is 4.85. The summed E-state index contributed by atoms with van der Waals surface area (Å²) >= 11 is 5.99. The van der Waals surface area contributed by atoms with Crippen molar-refractivity contribution in [3.05, 3.63) is 69.1 Å². The summed E-state index contributed by atoms with van der Waals surface area (Å²) in [5.41, 5.74) is 5.12. The first-order valence-corrected chi connectivity index (χ1v) is 8.73. The van der Waals surface area contributed by atoms with Gasteiger partial charge in [-0.3, -0.25) is 4.79 Å². The third-order valence-electron chi connectivity index (χ3n) is 4.58. The second-order valence-corrected chi connectivity index (χ2v) is 6.76. The fraction of sp³-hybridized carbons (Fsp3) is 0.200. The molecule has 3 rings (SSSR count). The minimum atomic E-state index is -4.64. The van der Waals surface area contributed by atoms with Crippen molar-refractivity contribution >= 4 is 28.4 Å². The van der Waals surface area contributed by atoms with Gasteiger partial charge in [0.2, 0.25) is 0 Å². The van der Waals surface area contributed by atoms with E-state index in [0.29, 0.717) is 16.5 Å². The predicted octanol–water partition coefficient (Wildman–Crippen LogP) is 5.05. The Morgan fingerprint density at radius 1 is 1.24 bits per heavy atom. The molecule has 0 saturated carbocycles. The van der Waals surface area contributed by atoms with E-state index in [1.165, 1.54) is 26.2 Å². The number of alkyl halides is 3. The number of hydrogen-bond donors (Lipinski definition) is 1. The van der Waals surface area contributed by atoms with Crippen molar-refractivity contribution < 1.29 is 27.1 Å². The largest absolute Gasteiger partial charge is 0.493 e. The van der Waals surface area contributed by atoms with Crippen LogP contribution < -0.4 is 10.5 Å². The van der Waals surface area contributed by atoms with E-state index in [0.717, 1.165) is 12.1 Å². The highest BCUT2D eigenvalue weighted by molar-refractivity contribution is 6.33. The molecular formula is C20H15ClF4N2O2. The Kier molecular flexibility index (Phi) is 5.40. The molecule has 152 valence electrons. The molecule has 2 aromatic carbocycles. The molecule has 0 aliphatic carbocycles. The molecule has 3 aromatic rings. The van der Waals surface area contributed by atoms with Crippen LogP contribution in [0.5, 0.6) is 5.75 Å². The van der Waals surface area contributed by atoms with Gasteiger partial charge in [0.1, 0.15) is 5.15 Å². The van der Waals surface area contributed by atoms with Gasteiger partial charge in [-0.25, -0.2) is 9.37 Å². The maximum absolute atomic E-state index is 14.0. The number of hydrogen-bond acceptors (Lipinski definition) is 3. The molecule has 9 heteroatoms. The van der Waals surface area contributed by atoms with Gasteiger partial charge in [-0.15, -0.1) is 0 Å². The maximum atomic E-state index is 14.0. The van der Waals surface area contributed by atoms with E-state index >= 15 is 0 Å². The van der Waals surface area contributed by atoms with Crippen molar-refractivity contribution in [2.24, 2.45) is 5.73 Å². The first-order chi connectivity index (χ1) is 13.5. The van der Waals surface area contributed by atoms with Crippen LogP contribution in [0.15, 0.2) is 30.3 Å². The fourth-order valence-electron chi connectivity index (χ4n) is 3.36. The Morgan fingerprint density at radius 3 is 2.52 bits per heavy atom. The fourth-order valence-corrected chi connectivity index (χ4v) is 3.69. The number of methoxy groups -OCH3 is 1. The highest BCUT2D eigenvalue weighted by Gasteiger charge is 2.32. The lowest BCUT2D eigenvalue weighted by atomic mass is 9.93. The van der Waals surface area contributed by atoms with Crippen LogP contribution in [0.1, 0.15) is 32.6 Å². The number of amides is 1. The summed E-state index contributed by atoms with van der Waals surface area (Å²) in [6.45, 7) is 1.52. The van der Waals surface area contributed by atoms with E-state index in [9.17, 15) is 22.4 Å². The molecule has 4 nitrogen and oxygen atoms in total. The monoisotopic (exact) mass is 426 g/mol. The molecule has 0 saturated heterocycles. The molecule has 1 amide bonds. The maximum Gasteiger partial charge on any atom is 0.416 e.